The van der Waals surface area contributed by atoms with Crippen LogP contribution < -0.4 is 20.7 Å². The summed E-state index contributed by atoms with van der Waals surface area (Å²) < 4.78 is 13.3. The standard InChI is InChI=1S/C34H34N6O4/c1-22-7-9-26(10-8-22)40-32(19-23(2)39-40)38-34(42)36-29-11-12-30(28-6-4-3-5-27(28)29)44-21-24-13-16-35-31(20-24)37-33(41)25-14-17-43-18-15-25/h3-13,16,19-20,25H,14-15,17-18,21H2,1-2H3,(H,35,37,41)(H2,36,38,42). The van der Waals surface area contributed by atoms with Crippen molar-refractivity contribution >= 4 is 40.0 Å². The average Bonchev–Trinajstić information content (AvgIpc) is 3.41. The quantitative estimate of drug-likeness (QED) is 0.187. The van der Waals surface area contributed by atoms with Gasteiger partial charge in [-0.1, -0.05) is 42.0 Å². The number of ether oxygens (including phenoxy) is 2. The third-order valence-corrected chi connectivity index (χ3v) is 7.55. The van der Waals surface area contributed by atoms with Gasteiger partial charge in [0, 0.05) is 42.2 Å². The summed E-state index contributed by atoms with van der Waals surface area (Å²) in [5.41, 5.74) is 4.30. The third-order valence-electron chi connectivity index (χ3n) is 7.55. The molecule has 3 N–H and O–H groups in total. The third kappa shape index (κ3) is 6.71. The van der Waals surface area contributed by atoms with Crippen LogP contribution in [0.5, 0.6) is 5.75 Å². The highest BCUT2D eigenvalue weighted by molar-refractivity contribution is 6.07. The van der Waals surface area contributed by atoms with E-state index in [1.165, 1.54) is 0 Å². The number of aryl methyl sites for hydroxylation is 2. The Morgan fingerprint density at radius 2 is 1.68 bits per heavy atom. The minimum Gasteiger partial charge on any atom is -0.488 e. The van der Waals surface area contributed by atoms with Crippen LogP contribution in [-0.4, -0.2) is 39.9 Å². The minimum absolute atomic E-state index is 0.0354. The number of hydrogen-bond acceptors (Lipinski definition) is 6. The zero-order chi connectivity index (χ0) is 30.5. The van der Waals surface area contributed by atoms with Crippen molar-refractivity contribution in [1.82, 2.24) is 14.8 Å². The van der Waals surface area contributed by atoms with Crippen molar-refractivity contribution in [2.24, 2.45) is 5.92 Å². The number of urea groups is 1. The Kier molecular flexibility index (Phi) is 8.51. The van der Waals surface area contributed by atoms with Crippen molar-refractivity contribution in [1.29, 1.82) is 0 Å². The van der Waals surface area contributed by atoms with Crippen LogP contribution in [0, 0.1) is 19.8 Å². The lowest BCUT2D eigenvalue weighted by molar-refractivity contribution is -0.122. The number of pyridine rings is 1. The molecule has 1 aliphatic heterocycles. The van der Waals surface area contributed by atoms with Crippen molar-refractivity contribution in [2.45, 2.75) is 33.3 Å². The highest BCUT2D eigenvalue weighted by Crippen LogP contribution is 2.32. The molecule has 6 rings (SSSR count). The summed E-state index contributed by atoms with van der Waals surface area (Å²) in [6.07, 6.45) is 3.09. The summed E-state index contributed by atoms with van der Waals surface area (Å²) >= 11 is 0. The molecule has 0 unspecified atom stereocenters. The lowest BCUT2D eigenvalue weighted by Crippen LogP contribution is -2.28. The number of hydrogen-bond donors (Lipinski definition) is 3. The smallest absolute Gasteiger partial charge is 0.324 e. The lowest BCUT2D eigenvalue weighted by Gasteiger charge is -2.21. The molecule has 0 aliphatic carbocycles. The van der Waals surface area contributed by atoms with Gasteiger partial charge in [0.1, 0.15) is 24.0 Å². The van der Waals surface area contributed by atoms with Crippen LogP contribution in [0.15, 0.2) is 85.1 Å². The van der Waals surface area contributed by atoms with Gasteiger partial charge in [-0.05, 0) is 68.7 Å². The molecule has 3 heterocycles. The summed E-state index contributed by atoms with van der Waals surface area (Å²) in [4.78, 5) is 30.1. The second-order valence-electron chi connectivity index (χ2n) is 10.9. The number of aromatic nitrogens is 3. The van der Waals surface area contributed by atoms with Crippen LogP contribution in [0.2, 0.25) is 0 Å². The van der Waals surface area contributed by atoms with E-state index in [-0.39, 0.29) is 24.5 Å². The number of carbonyl (C=O) groups is 2. The fourth-order valence-electron chi connectivity index (χ4n) is 5.23. The molecule has 10 heteroatoms. The molecule has 1 fully saturated rings. The van der Waals surface area contributed by atoms with E-state index in [0.717, 1.165) is 33.3 Å². The molecule has 0 spiro atoms. The van der Waals surface area contributed by atoms with Crippen molar-refractivity contribution in [3.8, 4) is 11.4 Å². The van der Waals surface area contributed by atoms with E-state index in [4.69, 9.17) is 9.47 Å². The van der Waals surface area contributed by atoms with E-state index < -0.39 is 0 Å². The Balaban J connectivity index is 1.14. The molecule has 0 radical (unpaired) electrons. The van der Waals surface area contributed by atoms with E-state index in [0.29, 0.717) is 49.1 Å². The molecule has 3 aromatic carbocycles. The van der Waals surface area contributed by atoms with Gasteiger partial charge in [-0.15, -0.1) is 0 Å². The maximum Gasteiger partial charge on any atom is 0.324 e. The normalized spacial score (nSPS) is 13.4. The molecule has 1 aliphatic rings. The van der Waals surface area contributed by atoms with E-state index >= 15 is 0 Å². The Morgan fingerprint density at radius 1 is 0.909 bits per heavy atom. The van der Waals surface area contributed by atoms with E-state index in [2.05, 4.69) is 26.0 Å². The number of amides is 3. The summed E-state index contributed by atoms with van der Waals surface area (Å²) in [7, 11) is 0. The minimum atomic E-state index is -0.385. The number of anilines is 3. The van der Waals surface area contributed by atoms with E-state index in [9.17, 15) is 9.59 Å². The second-order valence-corrected chi connectivity index (χ2v) is 10.9. The first-order valence-corrected chi connectivity index (χ1v) is 14.6. The topological polar surface area (TPSA) is 119 Å². The van der Waals surface area contributed by atoms with Gasteiger partial charge in [0.25, 0.3) is 0 Å². The number of benzene rings is 3. The van der Waals surface area contributed by atoms with Gasteiger partial charge in [0.15, 0.2) is 0 Å². The number of rotatable bonds is 8. The first-order chi connectivity index (χ1) is 21.4. The predicted octanol–water partition coefficient (Wildman–Crippen LogP) is 6.63. The number of carbonyl (C=O) groups excluding carboxylic acids is 2. The molecule has 1 saturated heterocycles. The molecule has 5 aromatic rings. The largest absolute Gasteiger partial charge is 0.488 e. The molecule has 10 nitrogen and oxygen atoms in total. The summed E-state index contributed by atoms with van der Waals surface area (Å²) in [5, 5.41) is 15.1. The number of fused-ring (bicyclic) bond motifs is 1. The number of nitrogens with one attached hydrogen (secondary N) is 3. The van der Waals surface area contributed by atoms with Crippen molar-refractivity contribution in [2.75, 3.05) is 29.2 Å². The maximum atomic E-state index is 13.1. The molecule has 3 amide bonds. The molecule has 0 atom stereocenters. The van der Waals surface area contributed by atoms with Crippen LogP contribution in [-0.2, 0) is 16.1 Å². The molecule has 2 aromatic heterocycles. The molecular weight excluding hydrogens is 556 g/mol. The Hall–Kier alpha value is -5.22. The number of nitrogens with zero attached hydrogens (tertiary/aromatic N) is 3. The predicted molar refractivity (Wildman–Crippen MR) is 170 cm³/mol. The van der Waals surface area contributed by atoms with Crippen LogP contribution in [0.4, 0.5) is 22.1 Å². The summed E-state index contributed by atoms with van der Waals surface area (Å²) in [6, 6.07) is 24.5. The van der Waals surface area contributed by atoms with Gasteiger partial charge >= 0.3 is 6.03 Å². The van der Waals surface area contributed by atoms with Crippen molar-refractivity contribution < 1.29 is 19.1 Å². The zero-order valence-corrected chi connectivity index (χ0v) is 24.7. The highest BCUT2D eigenvalue weighted by Gasteiger charge is 2.22. The van der Waals surface area contributed by atoms with Crippen molar-refractivity contribution in [3.63, 3.8) is 0 Å². The first kappa shape index (κ1) is 28.9. The van der Waals surface area contributed by atoms with Crippen LogP contribution in [0.1, 0.15) is 29.7 Å². The maximum absolute atomic E-state index is 13.1. The second kappa shape index (κ2) is 13.0. The fourth-order valence-corrected chi connectivity index (χ4v) is 5.23. The first-order valence-electron chi connectivity index (χ1n) is 14.6. The van der Waals surface area contributed by atoms with E-state index in [1.807, 2.05) is 92.7 Å². The van der Waals surface area contributed by atoms with Crippen molar-refractivity contribution in [3.05, 3.63) is 102 Å². The Morgan fingerprint density at radius 3 is 2.48 bits per heavy atom. The van der Waals surface area contributed by atoms with Gasteiger partial charge < -0.3 is 20.1 Å². The SMILES string of the molecule is Cc1ccc(-n2nc(C)cc2NC(=O)Nc2ccc(OCc3ccnc(NC(=O)C4CCOCC4)c3)c3ccccc23)cc1. The van der Waals surface area contributed by atoms with Crippen LogP contribution in [0.25, 0.3) is 16.5 Å². The molecule has 0 saturated carbocycles. The summed E-state index contributed by atoms with van der Waals surface area (Å²) in [5.74, 6) is 1.63. The van der Waals surface area contributed by atoms with Gasteiger partial charge in [0.2, 0.25) is 5.91 Å². The molecule has 0 bridgehead atoms. The fraction of sp³-hybridized carbons (Fsp3) is 0.235. The molecular formula is C34H34N6O4. The zero-order valence-electron chi connectivity index (χ0n) is 24.7. The summed E-state index contributed by atoms with van der Waals surface area (Å²) in [6.45, 7) is 5.40. The molecule has 44 heavy (non-hydrogen) atoms. The lowest BCUT2D eigenvalue weighted by atomic mass is 9.99. The monoisotopic (exact) mass is 590 g/mol. The highest BCUT2D eigenvalue weighted by atomic mass is 16.5. The Bertz CT molecular complexity index is 1790. The van der Waals surface area contributed by atoms with Gasteiger partial charge in [-0.3, -0.25) is 10.1 Å². The van der Waals surface area contributed by atoms with Gasteiger partial charge in [0.05, 0.1) is 17.1 Å². The van der Waals surface area contributed by atoms with Gasteiger partial charge in [-0.2, -0.15) is 5.10 Å². The molecule has 224 valence electrons. The van der Waals surface area contributed by atoms with Crippen LogP contribution in [0.3, 0.4) is 0 Å². The van der Waals surface area contributed by atoms with Gasteiger partial charge in [-0.25, -0.2) is 14.5 Å². The van der Waals surface area contributed by atoms with E-state index in [1.54, 1.807) is 10.9 Å². The average molecular weight is 591 g/mol. The Labute approximate surface area is 255 Å². The van der Waals surface area contributed by atoms with Crippen LogP contribution >= 0.6 is 0 Å².